The molecular formula is C22H17N5O3. The zero-order valence-electron chi connectivity index (χ0n) is 16.0. The molecule has 2 heterocycles. The van der Waals surface area contributed by atoms with Crippen molar-refractivity contribution < 1.29 is 9.72 Å². The number of aryl methyl sites for hydroxylation is 1. The summed E-state index contributed by atoms with van der Waals surface area (Å²) in [6, 6.07) is 19.3. The maximum Gasteiger partial charge on any atom is 0.270 e. The van der Waals surface area contributed by atoms with Gasteiger partial charge in [0.2, 0.25) is 5.91 Å². The molecule has 0 spiro atoms. The maximum atomic E-state index is 12.4. The molecule has 4 rings (SSSR count). The van der Waals surface area contributed by atoms with Crippen molar-refractivity contribution in [1.82, 2.24) is 14.8 Å². The minimum absolute atomic E-state index is 0.0337. The lowest BCUT2D eigenvalue weighted by atomic mass is 10.2. The summed E-state index contributed by atoms with van der Waals surface area (Å²) in [5, 5.41) is 19.1. The van der Waals surface area contributed by atoms with E-state index in [1.165, 1.54) is 24.3 Å². The summed E-state index contributed by atoms with van der Waals surface area (Å²) in [6.07, 6.45) is 2.84. The highest BCUT2D eigenvalue weighted by Gasteiger charge is 2.11. The van der Waals surface area contributed by atoms with Crippen LogP contribution in [0.15, 0.2) is 72.8 Å². The normalized spacial score (nSPS) is 11.1. The highest BCUT2D eigenvalue weighted by atomic mass is 16.6. The van der Waals surface area contributed by atoms with Crippen LogP contribution in [0.1, 0.15) is 11.3 Å². The highest BCUT2D eigenvalue weighted by Crippen LogP contribution is 2.19. The van der Waals surface area contributed by atoms with E-state index in [9.17, 15) is 14.9 Å². The van der Waals surface area contributed by atoms with Gasteiger partial charge in [0.1, 0.15) is 5.82 Å². The molecule has 4 aromatic rings. The van der Waals surface area contributed by atoms with Gasteiger partial charge < -0.3 is 5.32 Å². The van der Waals surface area contributed by atoms with Crippen LogP contribution in [-0.2, 0) is 4.79 Å². The zero-order valence-corrected chi connectivity index (χ0v) is 16.0. The second kappa shape index (κ2) is 7.96. The number of non-ortho nitro benzene ring substituents is 1. The van der Waals surface area contributed by atoms with Gasteiger partial charge in [0.25, 0.3) is 5.69 Å². The second-order valence-corrected chi connectivity index (χ2v) is 6.62. The Balaban J connectivity index is 1.57. The Hall–Kier alpha value is -4.33. The third-order valence-corrected chi connectivity index (χ3v) is 4.39. The number of nitrogens with one attached hydrogen (secondary N) is 1. The lowest BCUT2D eigenvalue weighted by molar-refractivity contribution is -0.384. The number of anilines is 1. The van der Waals surface area contributed by atoms with Crippen LogP contribution in [0.5, 0.6) is 0 Å². The quantitative estimate of drug-likeness (QED) is 0.306. The van der Waals surface area contributed by atoms with Crippen LogP contribution in [0.3, 0.4) is 0 Å². The van der Waals surface area contributed by atoms with E-state index in [2.05, 4.69) is 15.4 Å². The van der Waals surface area contributed by atoms with Gasteiger partial charge in [0.05, 0.1) is 16.1 Å². The number of rotatable bonds is 5. The van der Waals surface area contributed by atoms with E-state index in [4.69, 9.17) is 0 Å². The van der Waals surface area contributed by atoms with Crippen LogP contribution in [0.4, 0.5) is 11.5 Å². The van der Waals surface area contributed by atoms with Gasteiger partial charge >= 0.3 is 0 Å². The van der Waals surface area contributed by atoms with Crippen molar-refractivity contribution in [1.29, 1.82) is 0 Å². The predicted molar refractivity (Wildman–Crippen MR) is 114 cm³/mol. The number of nitro benzene ring substituents is 1. The number of hydrogen-bond acceptors (Lipinski definition) is 5. The first-order valence-electron chi connectivity index (χ1n) is 9.16. The van der Waals surface area contributed by atoms with Gasteiger partial charge in [0, 0.05) is 29.7 Å². The molecular weight excluding hydrogens is 382 g/mol. The molecule has 0 aliphatic carbocycles. The van der Waals surface area contributed by atoms with Gasteiger partial charge in [-0.3, -0.25) is 14.9 Å². The summed E-state index contributed by atoms with van der Waals surface area (Å²) in [5.74, 6) is 0.673. The molecule has 148 valence electrons. The molecule has 8 nitrogen and oxygen atoms in total. The summed E-state index contributed by atoms with van der Waals surface area (Å²) in [6.45, 7) is 1.83. The Kier molecular flexibility index (Phi) is 5.04. The molecule has 0 aliphatic heterocycles. The van der Waals surface area contributed by atoms with E-state index in [-0.39, 0.29) is 11.6 Å². The van der Waals surface area contributed by atoms with Gasteiger partial charge in [-0.15, -0.1) is 0 Å². The maximum absolute atomic E-state index is 12.4. The van der Waals surface area contributed by atoms with Crippen molar-refractivity contribution in [2.24, 2.45) is 0 Å². The standard InChI is InChI=1S/C22H17N5O3/c1-15-13-21(24-22(28)12-9-16-5-4-7-18(14-16)27(29)30)26(25-15)20-11-10-17-6-2-3-8-19(17)23-20/h2-14H,1H3,(H,24,28)/b12-9+. The Morgan fingerprint density at radius 1 is 1.10 bits per heavy atom. The number of carbonyl (C=O) groups excluding carboxylic acids is 1. The molecule has 1 N–H and O–H groups in total. The topological polar surface area (TPSA) is 103 Å². The SMILES string of the molecule is Cc1cc(NC(=O)/C=C/c2cccc([N+](=O)[O-])c2)n(-c2ccc3ccccc3n2)n1. The predicted octanol–water partition coefficient (Wildman–Crippen LogP) is 4.29. The number of nitro groups is 1. The van der Waals surface area contributed by atoms with E-state index < -0.39 is 4.92 Å². The Labute approximate surface area is 171 Å². The van der Waals surface area contributed by atoms with Gasteiger partial charge in [-0.2, -0.15) is 9.78 Å². The lowest BCUT2D eigenvalue weighted by Gasteiger charge is -2.08. The number of pyridine rings is 1. The van der Waals surface area contributed by atoms with Gasteiger partial charge in [-0.25, -0.2) is 4.98 Å². The molecule has 0 aliphatic rings. The number of fused-ring (bicyclic) bond motifs is 1. The molecule has 0 saturated carbocycles. The molecule has 0 atom stereocenters. The van der Waals surface area contributed by atoms with Crippen molar-refractivity contribution in [2.75, 3.05) is 5.32 Å². The van der Waals surface area contributed by atoms with Crippen LogP contribution in [0, 0.1) is 17.0 Å². The van der Waals surface area contributed by atoms with Crippen molar-refractivity contribution in [3.8, 4) is 5.82 Å². The summed E-state index contributed by atoms with van der Waals surface area (Å²) in [5.41, 5.74) is 2.07. The third-order valence-electron chi connectivity index (χ3n) is 4.39. The number of benzene rings is 2. The Morgan fingerprint density at radius 2 is 1.93 bits per heavy atom. The van der Waals surface area contributed by atoms with Crippen molar-refractivity contribution in [2.45, 2.75) is 6.92 Å². The lowest BCUT2D eigenvalue weighted by Crippen LogP contribution is -2.13. The average Bonchev–Trinajstić information content (AvgIpc) is 3.12. The van der Waals surface area contributed by atoms with Crippen molar-refractivity contribution in [3.63, 3.8) is 0 Å². The number of hydrogen-bond donors (Lipinski definition) is 1. The average molecular weight is 399 g/mol. The molecule has 8 heteroatoms. The molecule has 0 bridgehead atoms. The summed E-state index contributed by atoms with van der Waals surface area (Å²) < 4.78 is 1.57. The fraction of sp³-hybridized carbons (Fsp3) is 0.0455. The molecule has 1 amide bonds. The molecule has 0 saturated heterocycles. The van der Waals surface area contributed by atoms with Crippen LogP contribution < -0.4 is 5.32 Å². The first-order chi connectivity index (χ1) is 14.5. The minimum Gasteiger partial charge on any atom is -0.307 e. The van der Waals surface area contributed by atoms with Crippen LogP contribution in [-0.4, -0.2) is 25.6 Å². The molecule has 0 fully saturated rings. The van der Waals surface area contributed by atoms with Crippen LogP contribution in [0.25, 0.3) is 22.8 Å². The number of para-hydroxylation sites is 1. The Morgan fingerprint density at radius 3 is 2.77 bits per heavy atom. The fourth-order valence-electron chi connectivity index (χ4n) is 3.02. The Bertz CT molecular complexity index is 1290. The largest absolute Gasteiger partial charge is 0.307 e. The van der Waals surface area contributed by atoms with E-state index in [0.717, 1.165) is 16.6 Å². The summed E-state index contributed by atoms with van der Waals surface area (Å²) in [4.78, 5) is 27.4. The number of carbonyl (C=O) groups is 1. The number of aromatic nitrogens is 3. The third kappa shape index (κ3) is 4.07. The summed E-state index contributed by atoms with van der Waals surface area (Å²) >= 11 is 0. The van der Waals surface area contributed by atoms with Gasteiger partial charge in [-0.05, 0) is 36.8 Å². The first kappa shape index (κ1) is 19.0. The molecule has 0 radical (unpaired) electrons. The van der Waals surface area contributed by atoms with Gasteiger partial charge in [0.15, 0.2) is 5.82 Å². The fourth-order valence-corrected chi connectivity index (χ4v) is 3.02. The van der Waals surface area contributed by atoms with E-state index >= 15 is 0 Å². The van der Waals surface area contributed by atoms with E-state index in [1.807, 2.05) is 43.3 Å². The zero-order chi connectivity index (χ0) is 21.1. The summed E-state index contributed by atoms with van der Waals surface area (Å²) in [7, 11) is 0. The minimum atomic E-state index is -0.477. The number of nitrogens with zero attached hydrogens (tertiary/aromatic N) is 4. The smallest absolute Gasteiger partial charge is 0.270 e. The molecule has 0 unspecified atom stereocenters. The van der Waals surface area contributed by atoms with E-state index in [1.54, 1.807) is 22.9 Å². The second-order valence-electron chi connectivity index (χ2n) is 6.62. The van der Waals surface area contributed by atoms with Crippen molar-refractivity contribution in [3.05, 3.63) is 94.2 Å². The number of amides is 1. The monoisotopic (exact) mass is 399 g/mol. The van der Waals surface area contributed by atoms with Crippen molar-refractivity contribution >= 4 is 34.4 Å². The van der Waals surface area contributed by atoms with E-state index in [0.29, 0.717) is 17.2 Å². The molecule has 30 heavy (non-hydrogen) atoms. The van der Waals surface area contributed by atoms with Gasteiger partial charge in [-0.1, -0.05) is 30.3 Å². The first-order valence-corrected chi connectivity index (χ1v) is 9.16. The van der Waals surface area contributed by atoms with Crippen LogP contribution >= 0.6 is 0 Å². The highest BCUT2D eigenvalue weighted by molar-refractivity contribution is 6.01. The molecule has 2 aromatic carbocycles. The molecule has 2 aromatic heterocycles. The van der Waals surface area contributed by atoms with Crippen LogP contribution in [0.2, 0.25) is 0 Å².